The fourth-order valence-corrected chi connectivity index (χ4v) is 4.06. The summed E-state index contributed by atoms with van der Waals surface area (Å²) in [6, 6.07) is 5.44. The summed E-state index contributed by atoms with van der Waals surface area (Å²) >= 11 is 1.06. The molecule has 2 aliphatic heterocycles. The lowest BCUT2D eigenvalue weighted by Crippen LogP contribution is -2.34. The molecule has 5 nitrogen and oxygen atoms in total. The number of hydrogen-bond acceptors (Lipinski definition) is 5. The summed E-state index contributed by atoms with van der Waals surface area (Å²) in [4.78, 5) is 17.8. The third-order valence-electron chi connectivity index (χ3n) is 4.57. The normalized spacial score (nSPS) is 20.0. The van der Waals surface area contributed by atoms with Crippen LogP contribution in [0.25, 0.3) is 0 Å². The minimum Gasteiger partial charge on any atom is -0.372 e. The number of aliphatic imine (C=N–C) groups is 1. The molecule has 0 atom stereocenters. The van der Waals surface area contributed by atoms with Gasteiger partial charge in [-0.1, -0.05) is 6.08 Å². The molecule has 27 heavy (non-hydrogen) atoms. The van der Waals surface area contributed by atoms with E-state index in [9.17, 15) is 18.0 Å². The highest BCUT2D eigenvalue weighted by atomic mass is 32.2. The van der Waals surface area contributed by atoms with Crippen molar-refractivity contribution in [1.29, 1.82) is 5.26 Å². The van der Waals surface area contributed by atoms with E-state index in [-0.39, 0.29) is 22.4 Å². The van der Waals surface area contributed by atoms with Crippen molar-refractivity contribution in [3.63, 3.8) is 0 Å². The predicted molar refractivity (Wildman–Crippen MR) is 98.7 cm³/mol. The van der Waals surface area contributed by atoms with E-state index in [1.54, 1.807) is 18.0 Å². The molecule has 1 fully saturated rings. The van der Waals surface area contributed by atoms with E-state index in [1.807, 2.05) is 6.08 Å². The second-order valence-electron chi connectivity index (χ2n) is 6.28. The van der Waals surface area contributed by atoms with Crippen LogP contribution in [0.4, 0.5) is 23.7 Å². The van der Waals surface area contributed by atoms with Gasteiger partial charge in [0.15, 0.2) is 0 Å². The van der Waals surface area contributed by atoms with E-state index < -0.39 is 11.7 Å². The molecule has 0 radical (unpaired) electrons. The maximum absolute atomic E-state index is 13.4. The first-order chi connectivity index (χ1) is 12.8. The summed E-state index contributed by atoms with van der Waals surface area (Å²) < 4.78 is 40.2. The molecule has 1 saturated heterocycles. The van der Waals surface area contributed by atoms with Crippen LogP contribution in [0.1, 0.15) is 24.0 Å². The number of alkyl halides is 3. The topological polar surface area (TPSA) is 68.5 Å². The van der Waals surface area contributed by atoms with E-state index in [0.717, 1.165) is 22.7 Å². The lowest BCUT2D eigenvalue weighted by Gasteiger charge is -2.34. The summed E-state index contributed by atoms with van der Waals surface area (Å²) in [6.07, 6.45) is -1.19. The summed E-state index contributed by atoms with van der Waals surface area (Å²) in [5.74, 6) is 0.708. The van der Waals surface area contributed by atoms with Crippen LogP contribution < -0.4 is 10.2 Å². The van der Waals surface area contributed by atoms with Gasteiger partial charge in [-0.2, -0.15) is 23.4 Å². The second-order valence-corrected chi connectivity index (χ2v) is 7.27. The number of hydrogen-bond donors (Lipinski definition) is 1. The van der Waals surface area contributed by atoms with Gasteiger partial charge in [-0.15, -0.1) is 0 Å². The SMILES string of the molecule is CNC1=NC(=O)S/C1=C\C1CCN(c2ccc(C#N)cc2C(F)(F)F)CC1. The monoisotopic (exact) mass is 394 g/mol. The van der Waals surface area contributed by atoms with Crippen molar-refractivity contribution in [2.75, 3.05) is 25.0 Å². The summed E-state index contributed by atoms with van der Waals surface area (Å²) in [7, 11) is 1.69. The van der Waals surface area contributed by atoms with E-state index in [2.05, 4.69) is 10.3 Å². The molecule has 1 amide bonds. The zero-order valence-corrected chi connectivity index (χ0v) is 15.3. The van der Waals surface area contributed by atoms with Crippen LogP contribution in [0.2, 0.25) is 0 Å². The molecule has 9 heteroatoms. The van der Waals surface area contributed by atoms with Crippen molar-refractivity contribution in [2.45, 2.75) is 19.0 Å². The lowest BCUT2D eigenvalue weighted by molar-refractivity contribution is -0.137. The molecule has 1 aromatic carbocycles. The van der Waals surface area contributed by atoms with E-state index >= 15 is 0 Å². The summed E-state index contributed by atoms with van der Waals surface area (Å²) in [5.41, 5.74) is -0.678. The zero-order chi connectivity index (χ0) is 19.6. The van der Waals surface area contributed by atoms with Gasteiger partial charge < -0.3 is 10.2 Å². The van der Waals surface area contributed by atoms with E-state index in [0.29, 0.717) is 31.8 Å². The number of carbonyl (C=O) groups is 1. The number of benzene rings is 1. The molecular formula is C18H17F3N4OS. The van der Waals surface area contributed by atoms with Crippen LogP contribution >= 0.6 is 11.8 Å². The first-order valence-electron chi connectivity index (χ1n) is 8.38. The summed E-state index contributed by atoms with van der Waals surface area (Å²) in [5, 5.41) is 11.5. The number of carbonyl (C=O) groups excluding carboxylic acids is 1. The quantitative estimate of drug-likeness (QED) is 0.816. The highest BCUT2D eigenvalue weighted by Crippen LogP contribution is 2.39. The molecule has 0 unspecified atom stereocenters. The molecule has 1 aromatic rings. The van der Waals surface area contributed by atoms with E-state index in [1.165, 1.54) is 12.1 Å². The Morgan fingerprint density at radius 1 is 1.37 bits per heavy atom. The van der Waals surface area contributed by atoms with Gasteiger partial charge in [0.2, 0.25) is 0 Å². The van der Waals surface area contributed by atoms with Gasteiger partial charge in [0.1, 0.15) is 5.84 Å². The number of anilines is 1. The fraction of sp³-hybridized carbons (Fsp3) is 0.389. The number of nitrogens with zero attached hydrogens (tertiary/aromatic N) is 3. The molecule has 142 valence electrons. The number of nitrogens with one attached hydrogen (secondary N) is 1. The number of amides is 1. The Balaban J connectivity index is 1.74. The number of likely N-dealkylation sites (N-methyl/N-ethyl adjacent to an activating group) is 1. The number of rotatable bonds is 2. The van der Waals surface area contributed by atoms with Crippen molar-refractivity contribution in [1.82, 2.24) is 5.32 Å². The Labute approximate surface area is 158 Å². The molecule has 2 aliphatic rings. The third-order valence-corrected chi connectivity index (χ3v) is 5.38. The molecular weight excluding hydrogens is 377 g/mol. The van der Waals surface area contributed by atoms with Gasteiger partial charge in [-0.05, 0) is 48.7 Å². The van der Waals surface area contributed by atoms with Crippen LogP contribution in [0.15, 0.2) is 34.2 Å². The highest BCUT2D eigenvalue weighted by Gasteiger charge is 2.36. The summed E-state index contributed by atoms with van der Waals surface area (Å²) in [6.45, 7) is 0.933. The Kier molecular flexibility index (Phi) is 5.46. The minimum absolute atomic E-state index is 0.00694. The number of amidine groups is 1. The predicted octanol–water partition coefficient (Wildman–Crippen LogP) is 4.16. The standard InChI is InChI=1S/C18H17F3N4OS/c1-23-16-15(27-17(26)24-16)9-11-4-6-25(7-5-11)14-3-2-12(10-22)8-13(14)18(19,20)21/h2-3,8-9,11H,4-7H2,1H3,(H,23,24,26)/b15-9-. The Hall–Kier alpha value is -2.47. The second kappa shape index (κ2) is 7.64. The van der Waals surface area contributed by atoms with Gasteiger partial charge in [0, 0.05) is 25.8 Å². The molecule has 0 aliphatic carbocycles. The molecule has 1 N–H and O–H groups in total. The average molecular weight is 394 g/mol. The van der Waals surface area contributed by atoms with Crippen molar-refractivity contribution >= 4 is 28.5 Å². The van der Waals surface area contributed by atoms with Crippen molar-refractivity contribution in [2.24, 2.45) is 10.9 Å². The van der Waals surface area contributed by atoms with Gasteiger partial charge in [-0.3, -0.25) is 4.79 Å². The third kappa shape index (κ3) is 4.27. The maximum atomic E-state index is 13.4. The lowest BCUT2D eigenvalue weighted by atomic mass is 9.95. The molecule has 2 heterocycles. The molecule has 0 aromatic heterocycles. The van der Waals surface area contributed by atoms with Gasteiger partial charge >= 0.3 is 11.4 Å². The molecule has 0 saturated carbocycles. The Morgan fingerprint density at radius 3 is 2.67 bits per heavy atom. The van der Waals surface area contributed by atoms with Crippen molar-refractivity contribution < 1.29 is 18.0 Å². The Bertz CT molecular complexity index is 849. The van der Waals surface area contributed by atoms with Crippen LogP contribution in [0, 0.1) is 17.2 Å². The first kappa shape index (κ1) is 19.3. The number of thioether (sulfide) groups is 1. The zero-order valence-electron chi connectivity index (χ0n) is 14.5. The molecule has 0 spiro atoms. The fourth-order valence-electron chi connectivity index (χ4n) is 3.23. The highest BCUT2D eigenvalue weighted by molar-refractivity contribution is 8.18. The number of allylic oxidation sites excluding steroid dienone is 1. The van der Waals surface area contributed by atoms with Gasteiger partial charge in [0.25, 0.3) is 0 Å². The minimum atomic E-state index is -4.51. The number of halogens is 3. The van der Waals surface area contributed by atoms with Gasteiger partial charge in [0.05, 0.1) is 22.1 Å². The molecule has 3 rings (SSSR count). The number of nitriles is 1. The first-order valence-corrected chi connectivity index (χ1v) is 9.20. The van der Waals surface area contributed by atoms with Crippen LogP contribution in [-0.4, -0.2) is 31.2 Å². The maximum Gasteiger partial charge on any atom is 0.418 e. The Morgan fingerprint density at radius 2 is 2.07 bits per heavy atom. The van der Waals surface area contributed by atoms with Crippen molar-refractivity contribution in [3.8, 4) is 6.07 Å². The average Bonchev–Trinajstić information content (AvgIpc) is 3.00. The largest absolute Gasteiger partial charge is 0.418 e. The van der Waals surface area contributed by atoms with Crippen LogP contribution in [-0.2, 0) is 6.18 Å². The number of piperidine rings is 1. The van der Waals surface area contributed by atoms with Crippen LogP contribution in [0.3, 0.4) is 0 Å². The smallest absolute Gasteiger partial charge is 0.372 e. The van der Waals surface area contributed by atoms with Crippen LogP contribution in [0.5, 0.6) is 0 Å². The van der Waals surface area contributed by atoms with E-state index in [4.69, 9.17) is 5.26 Å². The molecule has 0 bridgehead atoms. The van der Waals surface area contributed by atoms with Gasteiger partial charge in [-0.25, -0.2) is 0 Å². The van der Waals surface area contributed by atoms with Crippen molar-refractivity contribution in [3.05, 3.63) is 40.3 Å².